The topological polar surface area (TPSA) is 61.9 Å². The van der Waals surface area contributed by atoms with Crippen LogP contribution in [-0.2, 0) is 14.3 Å². The van der Waals surface area contributed by atoms with Gasteiger partial charge in [0, 0.05) is 26.7 Å². The maximum absolute atomic E-state index is 13.3. The normalized spacial score (nSPS) is 23.0. The van der Waals surface area contributed by atoms with E-state index in [9.17, 15) is 9.59 Å². The summed E-state index contributed by atoms with van der Waals surface area (Å²) in [5.41, 5.74) is 0.979. The Morgan fingerprint density at radius 2 is 1.88 bits per heavy atom. The lowest BCUT2D eigenvalue weighted by Crippen LogP contribution is -2.51. The number of likely N-dealkylation sites (tertiary alicyclic amines) is 1. The van der Waals surface area contributed by atoms with E-state index in [1.54, 1.807) is 11.9 Å². The Kier molecular flexibility index (Phi) is 5.48. The lowest BCUT2D eigenvalue weighted by Gasteiger charge is -2.37. The summed E-state index contributed by atoms with van der Waals surface area (Å²) in [6, 6.07) is 9.14. The largest absolute Gasteiger partial charge is 0.379 e. The van der Waals surface area contributed by atoms with Crippen LogP contribution in [0.3, 0.4) is 0 Å². The van der Waals surface area contributed by atoms with Crippen LogP contribution in [-0.4, -0.2) is 67.6 Å². The number of rotatable bonds is 4. The fraction of sp³-hybridized carbons (Fsp3) is 0.556. The first-order valence-electron chi connectivity index (χ1n) is 8.61. The van der Waals surface area contributed by atoms with Gasteiger partial charge in [0.15, 0.2) is 0 Å². The number of benzene rings is 1. The minimum absolute atomic E-state index is 0.0224. The van der Waals surface area contributed by atoms with Crippen molar-refractivity contribution in [3.63, 3.8) is 0 Å². The van der Waals surface area contributed by atoms with Crippen molar-refractivity contribution >= 4 is 11.8 Å². The van der Waals surface area contributed by atoms with Crippen molar-refractivity contribution in [2.45, 2.75) is 24.9 Å². The maximum Gasteiger partial charge on any atom is 0.245 e. The Bertz CT molecular complexity index is 572. The van der Waals surface area contributed by atoms with Crippen molar-refractivity contribution in [1.82, 2.24) is 15.1 Å². The molecule has 3 rings (SSSR count). The van der Waals surface area contributed by atoms with E-state index in [1.165, 1.54) is 0 Å². The highest BCUT2D eigenvalue weighted by Crippen LogP contribution is 2.28. The summed E-state index contributed by atoms with van der Waals surface area (Å²) in [5.74, 6) is -0.0520. The molecule has 0 radical (unpaired) electrons. The van der Waals surface area contributed by atoms with Crippen LogP contribution in [0.5, 0.6) is 0 Å². The first-order chi connectivity index (χ1) is 11.7. The van der Waals surface area contributed by atoms with Gasteiger partial charge in [-0.05, 0) is 18.4 Å². The summed E-state index contributed by atoms with van der Waals surface area (Å²) < 4.78 is 5.44. The summed E-state index contributed by atoms with van der Waals surface area (Å²) in [7, 11) is 1.62. The number of hydrogen-bond acceptors (Lipinski definition) is 4. The molecular formula is C18H25N3O3. The lowest BCUT2D eigenvalue weighted by molar-refractivity contribution is -0.144. The van der Waals surface area contributed by atoms with Gasteiger partial charge >= 0.3 is 0 Å². The number of carbonyl (C=O) groups is 2. The molecule has 6 nitrogen and oxygen atoms in total. The number of carbonyl (C=O) groups excluding carboxylic acids is 2. The van der Waals surface area contributed by atoms with Crippen LogP contribution >= 0.6 is 0 Å². The minimum Gasteiger partial charge on any atom is -0.379 e. The van der Waals surface area contributed by atoms with Crippen LogP contribution in [0.4, 0.5) is 0 Å². The summed E-state index contributed by atoms with van der Waals surface area (Å²) in [6.07, 6.45) is 1.60. The molecule has 24 heavy (non-hydrogen) atoms. The van der Waals surface area contributed by atoms with E-state index in [1.807, 2.05) is 30.3 Å². The van der Waals surface area contributed by atoms with Gasteiger partial charge in [0.25, 0.3) is 0 Å². The number of likely N-dealkylation sites (N-methyl/N-ethyl adjacent to an activating group) is 1. The summed E-state index contributed by atoms with van der Waals surface area (Å²) in [6.45, 7) is 3.36. The number of hydrogen-bond donors (Lipinski definition) is 1. The van der Waals surface area contributed by atoms with Crippen molar-refractivity contribution in [3.05, 3.63) is 35.9 Å². The quantitative estimate of drug-likeness (QED) is 0.886. The van der Waals surface area contributed by atoms with Gasteiger partial charge in [-0.3, -0.25) is 14.5 Å². The molecule has 1 aromatic rings. The fourth-order valence-electron chi connectivity index (χ4n) is 3.61. The van der Waals surface area contributed by atoms with Crippen LogP contribution < -0.4 is 5.32 Å². The lowest BCUT2D eigenvalue weighted by atomic mass is 10.0. The van der Waals surface area contributed by atoms with Crippen LogP contribution in [0, 0.1) is 0 Å². The second-order valence-electron chi connectivity index (χ2n) is 6.27. The third-order valence-electron chi connectivity index (χ3n) is 4.84. The number of morpholine rings is 1. The molecule has 1 aromatic carbocycles. The maximum atomic E-state index is 13.3. The molecule has 1 N–H and O–H groups in total. The van der Waals surface area contributed by atoms with Gasteiger partial charge in [-0.1, -0.05) is 30.3 Å². The van der Waals surface area contributed by atoms with Crippen molar-refractivity contribution in [3.8, 4) is 0 Å². The molecule has 2 amide bonds. The van der Waals surface area contributed by atoms with Crippen molar-refractivity contribution < 1.29 is 14.3 Å². The van der Waals surface area contributed by atoms with Crippen molar-refractivity contribution in [1.29, 1.82) is 0 Å². The van der Waals surface area contributed by atoms with Crippen molar-refractivity contribution in [2.75, 3.05) is 39.9 Å². The van der Waals surface area contributed by atoms with Gasteiger partial charge in [0.2, 0.25) is 11.8 Å². The highest BCUT2D eigenvalue weighted by atomic mass is 16.5. The summed E-state index contributed by atoms with van der Waals surface area (Å²) in [4.78, 5) is 29.4. The zero-order chi connectivity index (χ0) is 16.9. The van der Waals surface area contributed by atoms with Gasteiger partial charge in [-0.2, -0.15) is 0 Å². The molecule has 2 heterocycles. The zero-order valence-corrected chi connectivity index (χ0v) is 14.1. The molecule has 2 fully saturated rings. The van der Waals surface area contributed by atoms with Crippen molar-refractivity contribution in [2.24, 2.45) is 0 Å². The molecule has 0 saturated carbocycles. The van der Waals surface area contributed by atoms with Gasteiger partial charge in [-0.25, -0.2) is 0 Å². The summed E-state index contributed by atoms with van der Waals surface area (Å²) in [5, 5.41) is 2.68. The molecular weight excluding hydrogens is 306 g/mol. The smallest absolute Gasteiger partial charge is 0.245 e. The third-order valence-corrected chi connectivity index (χ3v) is 4.84. The molecule has 2 saturated heterocycles. The summed E-state index contributed by atoms with van der Waals surface area (Å²) >= 11 is 0. The van der Waals surface area contributed by atoms with E-state index in [2.05, 4.69) is 10.2 Å². The molecule has 2 aliphatic rings. The number of nitrogens with zero attached hydrogens (tertiary/aromatic N) is 2. The molecule has 2 atom stereocenters. The van der Waals surface area contributed by atoms with E-state index in [0.717, 1.165) is 31.5 Å². The third kappa shape index (κ3) is 3.44. The SMILES string of the molecule is CNC(=O)C1CCCN1C(=O)C(c1ccccc1)N1CCOCC1. The van der Waals surface area contributed by atoms with Gasteiger partial charge < -0.3 is 15.0 Å². The Hall–Kier alpha value is -1.92. The minimum atomic E-state index is -0.352. The van der Waals surface area contributed by atoms with E-state index >= 15 is 0 Å². The van der Waals surface area contributed by atoms with Crippen LogP contribution in [0.25, 0.3) is 0 Å². The van der Waals surface area contributed by atoms with Gasteiger partial charge in [0.1, 0.15) is 12.1 Å². The number of amides is 2. The molecule has 2 aliphatic heterocycles. The van der Waals surface area contributed by atoms with Crippen LogP contribution in [0.15, 0.2) is 30.3 Å². The molecule has 2 unspecified atom stereocenters. The van der Waals surface area contributed by atoms with Gasteiger partial charge in [-0.15, -0.1) is 0 Å². The first-order valence-corrected chi connectivity index (χ1v) is 8.61. The van der Waals surface area contributed by atoms with E-state index in [0.29, 0.717) is 19.8 Å². The average Bonchev–Trinajstić information content (AvgIpc) is 3.13. The Balaban J connectivity index is 1.87. The molecule has 0 spiro atoms. The second-order valence-corrected chi connectivity index (χ2v) is 6.27. The van der Waals surface area contributed by atoms with E-state index in [-0.39, 0.29) is 23.9 Å². The average molecular weight is 331 g/mol. The standard InChI is InChI=1S/C18H25N3O3/c1-19-17(22)15-8-5-9-21(15)18(23)16(14-6-3-2-4-7-14)20-10-12-24-13-11-20/h2-4,6-7,15-16H,5,8-13H2,1H3,(H,19,22). The van der Waals surface area contributed by atoms with Gasteiger partial charge in [0.05, 0.1) is 13.2 Å². The van der Waals surface area contributed by atoms with Crippen LogP contribution in [0.2, 0.25) is 0 Å². The Morgan fingerprint density at radius 1 is 1.17 bits per heavy atom. The molecule has 0 bridgehead atoms. The monoisotopic (exact) mass is 331 g/mol. The Labute approximate surface area is 142 Å². The molecule has 0 aromatic heterocycles. The molecule has 6 heteroatoms. The fourth-order valence-corrected chi connectivity index (χ4v) is 3.61. The Morgan fingerprint density at radius 3 is 2.54 bits per heavy atom. The highest BCUT2D eigenvalue weighted by molar-refractivity contribution is 5.90. The highest BCUT2D eigenvalue weighted by Gasteiger charge is 2.39. The first kappa shape index (κ1) is 16.9. The predicted molar refractivity (Wildman–Crippen MR) is 90.4 cm³/mol. The second kappa shape index (κ2) is 7.77. The molecule has 0 aliphatic carbocycles. The van der Waals surface area contributed by atoms with E-state index < -0.39 is 0 Å². The van der Waals surface area contributed by atoms with Crippen LogP contribution in [0.1, 0.15) is 24.4 Å². The number of ether oxygens (including phenoxy) is 1. The number of nitrogens with one attached hydrogen (secondary N) is 1. The zero-order valence-electron chi connectivity index (χ0n) is 14.1. The molecule has 130 valence electrons. The predicted octanol–water partition coefficient (Wildman–Crippen LogP) is 0.797. The van der Waals surface area contributed by atoms with E-state index in [4.69, 9.17) is 4.74 Å².